The van der Waals surface area contributed by atoms with Gasteiger partial charge in [-0.15, -0.1) is 0 Å². The van der Waals surface area contributed by atoms with E-state index in [1.807, 2.05) is 31.2 Å². The molecule has 0 saturated carbocycles. The first-order valence-corrected chi connectivity index (χ1v) is 9.72. The summed E-state index contributed by atoms with van der Waals surface area (Å²) in [4.78, 5) is 12.7. The zero-order valence-electron chi connectivity index (χ0n) is 17.1. The fourth-order valence-corrected chi connectivity index (χ4v) is 3.02. The minimum atomic E-state index is -0.463. The van der Waals surface area contributed by atoms with Crippen LogP contribution in [0.3, 0.4) is 0 Å². The lowest BCUT2D eigenvalue weighted by atomic mass is 10.2. The number of aryl methyl sites for hydroxylation is 2. The van der Waals surface area contributed by atoms with E-state index in [1.54, 1.807) is 42.1 Å². The van der Waals surface area contributed by atoms with E-state index in [0.29, 0.717) is 28.5 Å². The van der Waals surface area contributed by atoms with Crippen molar-refractivity contribution in [2.24, 2.45) is 0 Å². The molecule has 158 valence electrons. The molecule has 0 unspecified atom stereocenters. The number of hydrogen-bond donors (Lipinski definition) is 1. The maximum Gasteiger partial charge on any atom is 0.279 e. The normalized spacial score (nSPS) is 10.8. The Kier molecular flexibility index (Phi) is 5.79. The molecule has 31 heavy (non-hydrogen) atoms. The zero-order valence-corrected chi connectivity index (χ0v) is 17.1. The minimum absolute atomic E-state index is 0.133. The summed E-state index contributed by atoms with van der Waals surface area (Å²) in [7, 11) is 0. The Morgan fingerprint density at radius 1 is 1.13 bits per heavy atom. The van der Waals surface area contributed by atoms with Crippen LogP contribution in [0.25, 0.3) is 0 Å². The van der Waals surface area contributed by atoms with Gasteiger partial charge in [-0.05, 0) is 32.0 Å². The van der Waals surface area contributed by atoms with E-state index in [0.717, 1.165) is 5.56 Å². The highest BCUT2D eigenvalue weighted by Crippen LogP contribution is 2.19. The van der Waals surface area contributed by atoms with Crippen molar-refractivity contribution in [2.45, 2.75) is 27.0 Å². The average molecular weight is 420 g/mol. The standard InChI is InChI=1S/C23H21FN4O3/c1-15-7-9-18(10-8-15)30-14-19-16(2)31-27-22(19)23(29)25-21-11-12-28(26-21)13-17-5-3-4-6-20(17)24/h3-12H,13-14H2,1-2H3,(H,25,26,29). The number of amides is 1. The van der Waals surface area contributed by atoms with E-state index in [4.69, 9.17) is 9.26 Å². The second-order valence-electron chi connectivity index (χ2n) is 7.11. The third-order valence-corrected chi connectivity index (χ3v) is 4.78. The summed E-state index contributed by atoms with van der Waals surface area (Å²) >= 11 is 0. The van der Waals surface area contributed by atoms with Gasteiger partial charge in [0.25, 0.3) is 5.91 Å². The fraction of sp³-hybridized carbons (Fsp3) is 0.174. The minimum Gasteiger partial charge on any atom is -0.489 e. The Hall–Kier alpha value is -3.94. The lowest BCUT2D eigenvalue weighted by molar-refractivity contribution is 0.101. The molecule has 2 heterocycles. The highest BCUT2D eigenvalue weighted by atomic mass is 19.1. The number of nitrogens with one attached hydrogen (secondary N) is 1. The summed E-state index contributed by atoms with van der Waals surface area (Å²) in [6.45, 7) is 4.11. The average Bonchev–Trinajstić information content (AvgIpc) is 3.35. The Morgan fingerprint density at radius 2 is 1.90 bits per heavy atom. The van der Waals surface area contributed by atoms with Crippen molar-refractivity contribution in [1.82, 2.24) is 14.9 Å². The number of benzene rings is 2. The number of nitrogens with zero attached hydrogens (tertiary/aromatic N) is 3. The molecule has 0 radical (unpaired) electrons. The number of anilines is 1. The van der Waals surface area contributed by atoms with Crippen LogP contribution in [-0.4, -0.2) is 20.8 Å². The van der Waals surface area contributed by atoms with Crippen LogP contribution in [0.2, 0.25) is 0 Å². The van der Waals surface area contributed by atoms with Gasteiger partial charge in [-0.2, -0.15) is 5.10 Å². The molecule has 2 aromatic heterocycles. The molecule has 4 rings (SSSR count). The summed E-state index contributed by atoms with van der Waals surface area (Å²) in [6, 6.07) is 15.7. The van der Waals surface area contributed by atoms with Gasteiger partial charge < -0.3 is 14.6 Å². The first-order valence-electron chi connectivity index (χ1n) is 9.72. The second-order valence-corrected chi connectivity index (χ2v) is 7.11. The van der Waals surface area contributed by atoms with E-state index in [2.05, 4.69) is 15.6 Å². The van der Waals surface area contributed by atoms with Crippen molar-refractivity contribution < 1.29 is 18.4 Å². The van der Waals surface area contributed by atoms with Crippen LogP contribution in [-0.2, 0) is 13.2 Å². The number of halogens is 1. The lowest BCUT2D eigenvalue weighted by Gasteiger charge is -2.07. The molecule has 0 aliphatic rings. The van der Waals surface area contributed by atoms with Crippen LogP contribution in [0, 0.1) is 19.7 Å². The van der Waals surface area contributed by atoms with Crippen LogP contribution in [0.4, 0.5) is 10.2 Å². The van der Waals surface area contributed by atoms with E-state index < -0.39 is 5.91 Å². The molecule has 2 aromatic carbocycles. The number of ether oxygens (including phenoxy) is 1. The third kappa shape index (κ3) is 4.80. The summed E-state index contributed by atoms with van der Waals surface area (Å²) < 4.78 is 26.4. The van der Waals surface area contributed by atoms with Crippen LogP contribution in [0.5, 0.6) is 5.75 Å². The van der Waals surface area contributed by atoms with Crippen LogP contribution in [0.1, 0.15) is 32.9 Å². The van der Waals surface area contributed by atoms with Crippen molar-refractivity contribution in [3.05, 3.63) is 94.8 Å². The topological polar surface area (TPSA) is 82.2 Å². The molecule has 0 atom stereocenters. The molecule has 8 heteroatoms. The van der Waals surface area contributed by atoms with Gasteiger partial charge in [-0.1, -0.05) is 41.1 Å². The van der Waals surface area contributed by atoms with E-state index in [-0.39, 0.29) is 24.7 Å². The Morgan fingerprint density at radius 3 is 2.68 bits per heavy atom. The third-order valence-electron chi connectivity index (χ3n) is 4.78. The fourth-order valence-electron chi connectivity index (χ4n) is 3.02. The van der Waals surface area contributed by atoms with Crippen molar-refractivity contribution in [3.8, 4) is 5.75 Å². The predicted molar refractivity (Wildman–Crippen MR) is 112 cm³/mol. The smallest absolute Gasteiger partial charge is 0.279 e. The SMILES string of the molecule is Cc1ccc(OCc2c(C(=O)Nc3ccn(Cc4ccccc4F)n3)noc2C)cc1. The molecule has 0 fully saturated rings. The summed E-state index contributed by atoms with van der Waals surface area (Å²) in [6.07, 6.45) is 1.66. The Bertz CT molecular complexity index is 1200. The number of rotatable bonds is 7. The maximum absolute atomic E-state index is 13.8. The Balaban J connectivity index is 1.43. The van der Waals surface area contributed by atoms with Gasteiger partial charge >= 0.3 is 0 Å². The quantitative estimate of drug-likeness (QED) is 0.476. The van der Waals surface area contributed by atoms with E-state index in [1.165, 1.54) is 6.07 Å². The highest BCUT2D eigenvalue weighted by Gasteiger charge is 2.21. The zero-order chi connectivity index (χ0) is 21.8. The van der Waals surface area contributed by atoms with Crippen LogP contribution >= 0.6 is 0 Å². The number of carbonyl (C=O) groups is 1. The van der Waals surface area contributed by atoms with Gasteiger partial charge in [0.2, 0.25) is 0 Å². The van der Waals surface area contributed by atoms with Gasteiger partial charge in [0.1, 0.15) is 23.9 Å². The monoisotopic (exact) mass is 420 g/mol. The van der Waals surface area contributed by atoms with Gasteiger partial charge in [0, 0.05) is 17.8 Å². The van der Waals surface area contributed by atoms with Gasteiger partial charge in [-0.3, -0.25) is 9.48 Å². The van der Waals surface area contributed by atoms with Gasteiger partial charge in [0.15, 0.2) is 11.5 Å². The number of hydrogen-bond acceptors (Lipinski definition) is 5. The Labute approximate surface area is 178 Å². The molecule has 1 N–H and O–H groups in total. The highest BCUT2D eigenvalue weighted by molar-refractivity contribution is 6.03. The van der Waals surface area contributed by atoms with Gasteiger partial charge in [-0.25, -0.2) is 4.39 Å². The molecule has 0 spiro atoms. The molecular weight excluding hydrogens is 399 g/mol. The first kappa shape index (κ1) is 20.3. The summed E-state index contributed by atoms with van der Waals surface area (Å²) in [5.41, 5.74) is 2.33. The molecule has 0 saturated heterocycles. The molecule has 7 nitrogen and oxygen atoms in total. The predicted octanol–water partition coefficient (Wildman–Crippen LogP) is 4.51. The van der Waals surface area contributed by atoms with Gasteiger partial charge in [0.05, 0.1) is 12.1 Å². The largest absolute Gasteiger partial charge is 0.489 e. The number of aromatic nitrogens is 3. The first-order chi connectivity index (χ1) is 15.0. The van der Waals surface area contributed by atoms with Crippen molar-refractivity contribution in [3.63, 3.8) is 0 Å². The molecule has 0 aliphatic heterocycles. The second kappa shape index (κ2) is 8.83. The van der Waals surface area contributed by atoms with Crippen LogP contribution < -0.4 is 10.1 Å². The molecule has 4 aromatic rings. The molecule has 0 aliphatic carbocycles. The lowest BCUT2D eigenvalue weighted by Crippen LogP contribution is -2.16. The number of carbonyl (C=O) groups excluding carboxylic acids is 1. The van der Waals surface area contributed by atoms with E-state index >= 15 is 0 Å². The summed E-state index contributed by atoms with van der Waals surface area (Å²) in [5.74, 6) is 0.745. The van der Waals surface area contributed by atoms with Crippen LogP contribution in [0.15, 0.2) is 65.3 Å². The van der Waals surface area contributed by atoms with E-state index in [9.17, 15) is 9.18 Å². The molecular formula is C23H21FN4O3. The molecule has 1 amide bonds. The van der Waals surface area contributed by atoms with Crippen molar-refractivity contribution >= 4 is 11.7 Å². The van der Waals surface area contributed by atoms with Crippen molar-refractivity contribution in [1.29, 1.82) is 0 Å². The molecule has 0 bridgehead atoms. The maximum atomic E-state index is 13.8. The van der Waals surface area contributed by atoms with Crippen molar-refractivity contribution in [2.75, 3.05) is 5.32 Å². The summed E-state index contributed by atoms with van der Waals surface area (Å²) in [5, 5.41) is 10.8.